The third-order valence-corrected chi connectivity index (χ3v) is 5.28. The minimum atomic E-state index is -1.68. The Morgan fingerprint density at radius 2 is 1.26 bits per heavy atom. The molecule has 0 rings (SSSR count). The largest absolute Gasteiger partial charge is 0.520 e. The van der Waals surface area contributed by atoms with E-state index >= 15 is 0 Å². The van der Waals surface area contributed by atoms with Crippen LogP contribution in [0.25, 0.3) is 0 Å². The van der Waals surface area contributed by atoms with Crippen molar-refractivity contribution in [3.05, 3.63) is 0 Å². The van der Waals surface area contributed by atoms with E-state index in [1.807, 2.05) is 0 Å². The second-order valence-electron chi connectivity index (χ2n) is 8.17. The van der Waals surface area contributed by atoms with Gasteiger partial charge in [-0.25, -0.2) is 0 Å². The Balaban J connectivity index is 3.21. The standard InChI is InChI=1S/C20H42O2Si/c1-6-19(2)17-15-13-11-9-7-8-10-12-14-16-18-20(21)22-23(3,4)5/h19H,6-18H2,1-5H3. The molecule has 0 aromatic heterocycles. The Morgan fingerprint density at radius 3 is 1.70 bits per heavy atom. The molecule has 0 bridgehead atoms. The smallest absolute Gasteiger partial charge is 0.292 e. The van der Waals surface area contributed by atoms with Crippen LogP contribution in [-0.4, -0.2) is 14.3 Å². The molecule has 0 aromatic rings. The van der Waals surface area contributed by atoms with E-state index in [4.69, 9.17) is 4.43 Å². The molecule has 0 radical (unpaired) electrons. The van der Waals surface area contributed by atoms with Gasteiger partial charge in [-0.05, 0) is 32.0 Å². The minimum absolute atomic E-state index is 0.0153. The summed E-state index contributed by atoms with van der Waals surface area (Å²) in [6, 6.07) is 0. The summed E-state index contributed by atoms with van der Waals surface area (Å²) in [5.74, 6) is 0.930. The van der Waals surface area contributed by atoms with Crippen molar-refractivity contribution in [2.24, 2.45) is 5.92 Å². The zero-order valence-electron chi connectivity index (χ0n) is 16.6. The summed E-state index contributed by atoms with van der Waals surface area (Å²) in [5, 5.41) is 0. The normalized spacial score (nSPS) is 13.1. The number of carbonyl (C=O) groups is 1. The zero-order valence-corrected chi connectivity index (χ0v) is 17.6. The fraction of sp³-hybridized carbons (Fsp3) is 0.950. The first kappa shape index (κ1) is 22.7. The summed E-state index contributed by atoms with van der Waals surface area (Å²) in [5.41, 5.74) is 0. The SMILES string of the molecule is CCC(C)CCCCCCCCCCCCC(=O)O[Si](C)(C)C. The van der Waals surface area contributed by atoms with Gasteiger partial charge in [0.25, 0.3) is 5.97 Å². The van der Waals surface area contributed by atoms with Gasteiger partial charge >= 0.3 is 0 Å². The van der Waals surface area contributed by atoms with Gasteiger partial charge in [0.15, 0.2) is 0 Å². The summed E-state index contributed by atoms with van der Waals surface area (Å²) in [6.07, 6.45) is 16.5. The monoisotopic (exact) mass is 342 g/mol. The van der Waals surface area contributed by atoms with Crippen molar-refractivity contribution in [3.8, 4) is 0 Å². The van der Waals surface area contributed by atoms with Crippen molar-refractivity contribution in [2.45, 2.75) is 117 Å². The number of rotatable bonds is 15. The fourth-order valence-electron chi connectivity index (χ4n) is 2.77. The second kappa shape index (κ2) is 14.1. The van der Waals surface area contributed by atoms with Crippen molar-refractivity contribution in [3.63, 3.8) is 0 Å². The van der Waals surface area contributed by atoms with Gasteiger partial charge in [0.2, 0.25) is 8.32 Å². The minimum Gasteiger partial charge on any atom is -0.520 e. The number of unbranched alkanes of at least 4 members (excludes halogenated alkanes) is 9. The van der Waals surface area contributed by atoms with Crippen LogP contribution in [0.5, 0.6) is 0 Å². The van der Waals surface area contributed by atoms with Crippen molar-refractivity contribution in [1.82, 2.24) is 0 Å². The molecule has 0 saturated carbocycles. The summed E-state index contributed by atoms with van der Waals surface area (Å²) in [7, 11) is -1.68. The van der Waals surface area contributed by atoms with Gasteiger partial charge in [-0.2, -0.15) is 0 Å². The van der Waals surface area contributed by atoms with Crippen LogP contribution in [0.2, 0.25) is 19.6 Å². The molecule has 0 aliphatic carbocycles. The molecule has 1 atom stereocenters. The van der Waals surface area contributed by atoms with Gasteiger partial charge in [0.05, 0.1) is 0 Å². The van der Waals surface area contributed by atoms with E-state index in [2.05, 4.69) is 33.5 Å². The van der Waals surface area contributed by atoms with E-state index in [0.717, 1.165) is 12.3 Å². The molecule has 0 amide bonds. The lowest BCUT2D eigenvalue weighted by Gasteiger charge is -2.17. The molecule has 2 nitrogen and oxygen atoms in total. The van der Waals surface area contributed by atoms with Crippen LogP contribution in [0.4, 0.5) is 0 Å². The zero-order chi connectivity index (χ0) is 17.6. The molecule has 0 spiro atoms. The number of hydrogen-bond acceptors (Lipinski definition) is 2. The van der Waals surface area contributed by atoms with E-state index in [1.54, 1.807) is 0 Å². The highest BCUT2D eigenvalue weighted by atomic mass is 28.4. The first-order valence-corrected chi connectivity index (χ1v) is 13.5. The van der Waals surface area contributed by atoms with Crippen LogP contribution in [0, 0.1) is 5.92 Å². The topological polar surface area (TPSA) is 26.3 Å². The summed E-state index contributed by atoms with van der Waals surface area (Å²) >= 11 is 0. The Hall–Kier alpha value is -0.313. The Labute approximate surface area is 146 Å². The molecule has 0 aliphatic heterocycles. The Morgan fingerprint density at radius 1 is 0.826 bits per heavy atom. The maximum absolute atomic E-state index is 11.6. The van der Waals surface area contributed by atoms with Gasteiger partial charge in [-0.15, -0.1) is 0 Å². The molecule has 0 aromatic carbocycles. The van der Waals surface area contributed by atoms with Crippen LogP contribution < -0.4 is 0 Å². The van der Waals surface area contributed by atoms with Crippen molar-refractivity contribution < 1.29 is 9.22 Å². The first-order valence-electron chi connectivity index (χ1n) is 10.1. The lowest BCUT2D eigenvalue weighted by Crippen LogP contribution is -2.28. The van der Waals surface area contributed by atoms with E-state index in [-0.39, 0.29) is 5.97 Å². The fourth-order valence-corrected chi connectivity index (χ4v) is 3.56. The Bertz CT molecular complexity index is 284. The molecular formula is C20H42O2Si. The lowest BCUT2D eigenvalue weighted by atomic mass is 9.99. The van der Waals surface area contributed by atoms with Crippen LogP contribution in [0.15, 0.2) is 0 Å². The van der Waals surface area contributed by atoms with Crippen LogP contribution in [0.1, 0.15) is 97.3 Å². The van der Waals surface area contributed by atoms with Gasteiger partial charge in [-0.1, -0.05) is 84.5 Å². The molecule has 0 fully saturated rings. The third kappa shape index (κ3) is 17.9. The first-order chi connectivity index (χ1) is 10.8. The van der Waals surface area contributed by atoms with Crippen LogP contribution >= 0.6 is 0 Å². The lowest BCUT2D eigenvalue weighted by molar-refractivity contribution is -0.135. The predicted molar refractivity (Wildman–Crippen MR) is 104 cm³/mol. The third-order valence-electron chi connectivity index (χ3n) is 4.44. The summed E-state index contributed by atoms with van der Waals surface area (Å²) in [6.45, 7) is 10.9. The summed E-state index contributed by atoms with van der Waals surface area (Å²) < 4.78 is 5.45. The van der Waals surface area contributed by atoms with Crippen LogP contribution in [-0.2, 0) is 9.22 Å². The highest BCUT2D eigenvalue weighted by Crippen LogP contribution is 2.15. The van der Waals surface area contributed by atoms with E-state index in [9.17, 15) is 4.79 Å². The molecule has 0 saturated heterocycles. The average molecular weight is 343 g/mol. The molecule has 3 heteroatoms. The summed E-state index contributed by atoms with van der Waals surface area (Å²) in [4.78, 5) is 11.6. The molecule has 1 unspecified atom stereocenters. The molecular weight excluding hydrogens is 300 g/mol. The van der Waals surface area contributed by atoms with E-state index < -0.39 is 8.32 Å². The Kier molecular flexibility index (Phi) is 13.9. The van der Waals surface area contributed by atoms with Crippen molar-refractivity contribution in [1.29, 1.82) is 0 Å². The molecule has 0 aliphatic rings. The highest BCUT2D eigenvalue weighted by molar-refractivity contribution is 6.71. The van der Waals surface area contributed by atoms with Gasteiger partial charge < -0.3 is 4.43 Å². The van der Waals surface area contributed by atoms with Crippen LogP contribution in [0.3, 0.4) is 0 Å². The maximum Gasteiger partial charge on any atom is 0.292 e. The van der Waals surface area contributed by atoms with E-state index in [1.165, 1.54) is 70.6 Å². The van der Waals surface area contributed by atoms with Crippen molar-refractivity contribution >= 4 is 14.3 Å². The molecule has 0 heterocycles. The number of hydrogen-bond donors (Lipinski definition) is 0. The molecule has 0 N–H and O–H groups in total. The maximum atomic E-state index is 11.6. The molecule has 138 valence electrons. The van der Waals surface area contributed by atoms with Gasteiger partial charge in [0, 0.05) is 6.42 Å². The highest BCUT2D eigenvalue weighted by Gasteiger charge is 2.19. The van der Waals surface area contributed by atoms with Gasteiger partial charge in [-0.3, -0.25) is 4.79 Å². The number of carbonyl (C=O) groups excluding carboxylic acids is 1. The van der Waals surface area contributed by atoms with Crippen molar-refractivity contribution in [2.75, 3.05) is 0 Å². The average Bonchev–Trinajstić information content (AvgIpc) is 2.46. The van der Waals surface area contributed by atoms with Gasteiger partial charge in [0.1, 0.15) is 0 Å². The van der Waals surface area contributed by atoms with E-state index in [0.29, 0.717) is 6.42 Å². The quantitative estimate of drug-likeness (QED) is 0.234. The second-order valence-corrected chi connectivity index (χ2v) is 12.6. The predicted octanol–water partition coefficient (Wildman–Crippen LogP) is 7.09. The molecule has 23 heavy (non-hydrogen) atoms.